The van der Waals surface area contributed by atoms with E-state index in [9.17, 15) is 0 Å². The summed E-state index contributed by atoms with van der Waals surface area (Å²) < 4.78 is 11.0. The number of hydrogen-bond donors (Lipinski definition) is 1. The van der Waals surface area contributed by atoms with E-state index >= 15 is 0 Å². The predicted molar refractivity (Wildman–Crippen MR) is 75.4 cm³/mol. The maximum atomic E-state index is 5.90. The number of aryl methyl sites for hydroxylation is 2. The highest BCUT2D eigenvalue weighted by Crippen LogP contribution is 2.26. The summed E-state index contributed by atoms with van der Waals surface area (Å²) in [5, 5.41) is 0. The number of nitrogens with two attached hydrogens (primary N) is 1. The Labute approximate surface area is 113 Å². The van der Waals surface area contributed by atoms with Crippen LogP contribution in [-0.2, 0) is 6.61 Å². The van der Waals surface area contributed by atoms with Crippen LogP contribution in [0.2, 0.25) is 0 Å². The van der Waals surface area contributed by atoms with E-state index in [1.807, 2.05) is 38.1 Å². The van der Waals surface area contributed by atoms with Crippen molar-refractivity contribution < 1.29 is 9.47 Å². The summed E-state index contributed by atoms with van der Waals surface area (Å²) in [7, 11) is 1.60. The van der Waals surface area contributed by atoms with E-state index in [1.54, 1.807) is 13.3 Å². The molecule has 4 heteroatoms. The summed E-state index contributed by atoms with van der Waals surface area (Å²) in [6, 6.07) is 7.66. The Balaban J connectivity index is 2.17. The third-order valence-electron chi connectivity index (χ3n) is 2.99. The lowest BCUT2D eigenvalue weighted by molar-refractivity contribution is 0.292. The maximum absolute atomic E-state index is 5.90. The Hall–Kier alpha value is -2.23. The Kier molecular flexibility index (Phi) is 3.90. The molecule has 2 N–H and O–H groups in total. The van der Waals surface area contributed by atoms with Crippen molar-refractivity contribution in [2.75, 3.05) is 12.8 Å². The Morgan fingerprint density at radius 2 is 2.00 bits per heavy atom. The minimum Gasteiger partial charge on any atom is -0.488 e. The first-order valence-corrected chi connectivity index (χ1v) is 6.09. The lowest BCUT2D eigenvalue weighted by Crippen LogP contribution is -2.02. The van der Waals surface area contributed by atoms with Crippen LogP contribution >= 0.6 is 0 Å². The third kappa shape index (κ3) is 2.96. The van der Waals surface area contributed by atoms with Gasteiger partial charge in [0.1, 0.15) is 12.4 Å². The quantitative estimate of drug-likeness (QED) is 0.857. The normalized spacial score (nSPS) is 10.3. The Morgan fingerprint density at radius 1 is 1.21 bits per heavy atom. The molecule has 0 saturated heterocycles. The topological polar surface area (TPSA) is 57.4 Å². The lowest BCUT2D eigenvalue weighted by atomic mass is 10.1. The molecule has 0 amide bonds. The number of aromatic nitrogens is 1. The summed E-state index contributed by atoms with van der Waals surface area (Å²) in [5.74, 6) is 1.37. The average molecular weight is 258 g/mol. The molecule has 0 bridgehead atoms. The molecule has 0 unspecified atom stereocenters. The van der Waals surface area contributed by atoms with Crippen LogP contribution in [0.4, 0.5) is 5.69 Å². The van der Waals surface area contributed by atoms with Crippen LogP contribution in [0.25, 0.3) is 0 Å². The van der Waals surface area contributed by atoms with Crippen molar-refractivity contribution in [1.29, 1.82) is 0 Å². The van der Waals surface area contributed by atoms with E-state index in [1.165, 1.54) is 0 Å². The van der Waals surface area contributed by atoms with Gasteiger partial charge in [-0.05, 0) is 37.1 Å². The van der Waals surface area contributed by atoms with Gasteiger partial charge in [0.2, 0.25) is 5.88 Å². The molecule has 0 fully saturated rings. The van der Waals surface area contributed by atoms with Crippen LogP contribution in [-0.4, -0.2) is 12.1 Å². The van der Waals surface area contributed by atoms with Gasteiger partial charge in [-0.1, -0.05) is 6.07 Å². The van der Waals surface area contributed by atoms with Gasteiger partial charge >= 0.3 is 0 Å². The van der Waals surface area contributed by atoms with Crippen LogP contribution in [0.5, 0.6) is 11.6 Å². The fraction of sp³-hybridized carbons (Fsp3) is 0.267. The van der Waals surface area contributed by atoms with Gasteiger partial charge in [0.05, 0.1) is 12.7 Å². The number of methoxy groups -OCH3 is 1. The van der Waals surface area contributed by atoms with E-state index in [4.69, 9.17) is 15.2 Å². The number of anilines is 1. The Morgan fingerprint density at radius 3 is 2.74 bits per heavy atom. The second-order valence-electron chi connectivity index (χ2n) is 4.43. The first-order chi connectivity index (χ1) is 9.11. The van der Waals surface area contributed by atoms with Gasteiger partial charge in [-0.3, -0.25) is 0 Å². The van der Waals surface area contributed by atoms with Gasteiger partial charge < -0.3 is 15.2 Å². The molecule has 0 saturated carbocycles. The number of pyridine rings is 1. The minimum absolute atomic E-state index is 0.403. The molecule has 1 aromatic heterocycles. The molecule has 2 rings (SSSR count). The summed E-state index contributed by atoms with van der Waals surface area (Å²) in [4.78, 5) is 4.14. The predicted octanol–water partition coefficient (Wildman–Crippen LogP) is 2.87. The fourth-order valence-corrected chi connectivity index (χ4v) is 1.88. The zero-order valence-electron chi connectivity index (χ0n) is 11.4. The zero-order chi connectivity index (χ0) is 13.8. The van der Waals surface area contributed by atoms with E-state index in [2.05, 4.69) is 4.98 Å². The number of rotatable bonds is 4. The van der Waals surface area contributed by atoms with Crippen molar-refractivity contribution in [3.05, 3.63) is 47.2 Å². The first kappa shape index (κ1) is 13.2. The molecule has 0 aliphatic heterocycles. The van der Waals surface area contributed by atoms with Gasteiger partial charge in [-0.25, -0.2) is 4.98 Å². The van der Waals surface area contributed by atoms with Crippen molar-refractivity contribution in [2.24, 2.45) is 0 Å². The van der Waals surface area contributed by atoms with Crippen molar-refractivity contribution in [3.63, 3.8) is 0 Å². The van der Waals surface area contributed by atoms with Crippen molar-refractivity contribution in [1.82, 2.24) is 4.98 Å². The maximum Gasteiger partial charge on any atom is 0.219 e. The molecule has 100 valence electrons. The largest absolute Gasteiger partial charge is 0.488 e. The molecule has 19 heavy (non-hydrogen) atoms. The van der Waals surface area contributed by atoms with Crippen molar-refractivity contribution in [2.45, 2.75) is 20.5 Å². The average Bonchev–Trinajstić information content (AvgIpc) is 2.41. The fourth-order valence-electron chi connectivity index (χ4n) is 1.88. The smallest absolute Gasteiger partial charge is 0.219 e. The van der Waals surface area contributed by atoms with E-state index in [0.717, 1.165) is 28.1 Å². The van der Waals surface area contributed by atoms with Gasteiger partial charge in [-0.15, -0.1) is 0 Å². The highest BCUT2D eigenvalue weighted by atomic mass is 16.5. The second-order valence-corrected chi connectivity index (χ2v) is 4.43. The third-order valence-corrected chi connectivity index (χ3v) is 2.99. The summed E-state index contributed by atoms with van der Waals surface area (Å²) in [6.45, 7) is 4.39. The summed E-state index contributed by atoms with van der Waals surface area (Å²) in [5.41, 5.74) is 9.66. The molecular formula is C15H18N2O2. The SMILES string of the molecule is COc1ncccc1COc1cc(N)c(C)cc1C. The van der Waals surface area contributed by atoms with E-state index < -0.39 is 0 Å². The molecule has 0 spiro atoms. The van der Waals surface area contributed by atoms with Gasteiger partial charge in [0.15, 0.2) is 0 Å². The molecule has 0 aliphatic rings. The lowest BCUT2D eigenvalue weighted by Gasteiger charge is -2.12. The minimum atomic E-state index is 0.403. The molecule has 1 heterocycles. The molecule has 0 atom stereocenters. The Bertz CT molecular complexity index is 582. The van der Waals surface area contributed by atoms with Crippen LogP contribution in [0, 0.1) is 13.8 Å². The summed E-state index contributed by atoms with van der Waals surface area (Å²) in [6.07, 6.45) is 1.69. The number of nitrogen functional groups attached to an aromatic ring is 1. The first-order valence-electron chi connectivity index (χ1n) is 6.09. The van der Waals surface area contributed by atoms with Crippen LogP contribution in [0.1, 0.15) is 16.7 Å². The number of benzene rings is 1. The van der Waals surface area contributed by atoms with E-state index in [0.29, 0.717) is 12.5 Å². The monoisotopic (exact) mass is 258 g/mol. The number of nitrogens with zero attached hydrogens (tertiary/aromatic N) is 1. The standard InChI is InChI=1S/C15H18N2O2/c1-10-7-11(2)14(8-13(10)16)19-9-12-5-4-6-17-15(12)18-3/h4-8H,9,16H2,1-3H3. The molecule has 0 radical (unpaired) electrons. The van der Waals surface area contributed by atoms with Gasteiger partial charge in [0.25, 0.3) is 0 Å². The highest BCUT2D eigenvalue weighted by Gasteiger charge is 2.07. The highest BCUT2D eigenvalue weighted by molar-refractivity contribution is 5.54. The van der Waals surface area contributed by atoms with Gasteiger partial charge in [-0.2, -0.15) is 0 Å². The number of ether oxygens (including phenoxy) is 2. The number of hydrogen-bond acceptors (Lipinski definition) is 4. The zero-order valence-corrected chi connectivity index (χ0v) is 11.4. The van der Waals surface area contributed by atoms with E-state index in [-0.39, 0.29) is 0 Å². The molecule has 0 aliphatic carbocycles. The molecule has 2 aromatic rings. The van der Waals surface area contributed by atoms with Gasteiger partial charge in [0, 0.05) is 18.0 Å². The van der Waals surface area contributed by atoms with Crippen LogP contribution < -0.4 is 15.2 Å². The molecular weight excluding hydrogens is 240 g/mol. The summed E-state index contributed by atoms with van der Waals surface area (Å²) >= 11 is 0. The van der Waals surface area contributed by atoms with Crippen molar-refractivity contribution in [3.8, 4) is 11.6 Å². The molecule has 1 aromatic carbocycles. The molecule has 4 nitrogen and oxygen atoms in total. The van der Waals surface area contributed by atoms with Crippen LogP contribution in [0.15, 0.2) is 30.5 Å². The van der Waals surface area contributed by atoms with Crippen LogP contribution in [0.3, 0.4) is 0 Å². The second kappa shape index (κ2) is 5.61. The van der Waals surface area contributed by atoms with Crippen molar-refractivity contribution >= 4 is 5.69 Å².